The molecule has 21 heavy (non-hydrogen) atoms. The van der Waals surface area contributed by atoms with E-state index in [1.165, 1.54) is 6.26 Å². The van der Waals surface area contributed by atoms with Gasteiger partial charge in [-0.05, 0) is 65.4 Å². The first kappa shape index (κ1) is 16.6. The molecule has 0 aliphatic rings. The number of sulfone groups is 1. The summed E-state index contributed by atoms with van der Waals surface area (Å²) in [4.78, 5) is 0.285. The van der Waals surface area contributed by atoms with Gasteiger partial charge in [0.1, 0.15) is 5.75 Å². The molecule has 3 nitrogen and oxygen atoms in total. The molecule has 2 aromatic carbocycles. The largest absolute Gasteiger partial charge is 0.497 e. The predicted molar refractivity (Wildman–Crippen MR) is 94.0 cm³/mol. The third kappa shape index (κ3) is 3.35. The van der Waals surface area contributed by atoms with Crippen LogP contribution in [0.15, 0.2) is 35.2 Å². The van der Waals surface area contributed by atoms with Crippen LogP contribution in [0.2, 0.25) is 5.02 Å². The highest BCUT2D eigenvalue weighted by Gasteiger charge is 2.20. The average Bonchev–Trinajstić information content (AvgIpc) is 2.40. The lowest BCUT2D eigenvalue weighted by Crippen LogP contribution is -2.03. The van der Waals surface area contributed by atoms with Crippen LogP contribution < -0.4 is 4.74 Å². The van der Waals surface area contributed by atoms with Gasteiger partial charge in [-0.15, -0.1) is 0 Å². The highest BCUT2D eigenvalue weighted by molar-refractivity contribution is 14.1. The van der Waals surface area contributed by atoms with Crippen molar-refractivity contribution in [3.05, 3.63) is 44.5 Å². The summed E-state index contributed by atoms with van der Waals surface area (Å²) in [6, 6.07) is 8.66. The Bertz CT molecular complexity index is 801. The standard InChI is InChI=1S/C15H14ClIO3S/c1-9-13(17)6-7-14(21(3,18)19)15(9)11-5-4-10(20-2)8-12(11)16/h4-8H,1-3H3. The van der Waals surface area contributed by atoms with Gasteiger partial charge in [-0.2, -0.15) is 0 Å². The number of methoxy groups -OCH3 is 1. The molecule has 0 N–H and O–H groups in total. The van der Waals surface area contributed by atoms with Gasteiger partial charge in [-0.1, -0.05) is 11.6 Å². The van der Waals surface area contributed by atoms with Crippen molar-refractivity contribution in [1.29, 1.82) is 0 Å². The maximum Gasteiger partial charge on any atom is 0.176 e. The summed E-state index contributed by atoms with van der Waals surface area (Å²) < 4.78 is 30.2. The number of benzene rings is 2. The van der Waals surface area contributed by atoms with Crippen LogP contribution in [0.5, 0.6) is 5.75 Å². The molecule has 2 aromatic rings. The van der Waals surface area contributed by atoms with E-state index in [9.17, 15) is 8.42 Å². The molecule has 0 aliphatic heterocycles. The van der Waals surface area contributed by atoms with Crippen LogP contribution in [0, 0.1) is 10.5 Å². The summed E-state index contributed by atoms with van der Waals surface area (Å²) >= 11 is 8.50. The molecule has 6 heteroatoms. The van der Waals surface area contributed by atoms with E-state index in [-0.39, 0.29) is 4.90 Å². The summed E-state index contributed by atoms with van der Waals surface area (Å²) in [5.41, 5.74) is 2.23. The lowest BCUT2D eigenvalue weighted by atomic mass is 10.0. The smallest absolute Gasteiger partial charge is 0.176 e. The van der Waals surface area contributed by atoms with E-state index in [4.69, 9.17) is 16.3 Å². The van der Waals surface area contributed by atoms with Crippen molar-refractivity contribution in [1.82, 2.24) is 0 Å². The molecular formula is C15H14ClIO3S. The first-order valence-electron chi connectivity index (χ1n) is 6.08. The van der Waals surface area contributed by atoms with Gasteiger partial charge in [0.15, 0.2) is 9.84 Å². The Balaban J connectivity index is 2.82. The van der Waals surface area contributed by atoms with Crippen LogP contribution in [0.4, 0.5) is 0 Å². The first-order valence-corrected chi connectivity index (χ1v) is 9.43. The van der Waals surface area contributed by atoms with Crippen LogP contribution in [0.1, 0.15) is 5.56 Å². The predicted octanol–water partition coefficient (Wildman–Crippen LogP) is 4.33. The Morgan fingerprint density at radius 3 is 2.38 bits per heavy atom. The van der Waals surface area contributed by atoms with Crippen molar-refractivity contribution in [3.8, 4) is 16.9 Å². The van der Waals surface area contributed by atoms with Gasteiger partial charge >= 0.3 is 0 Å². The minimum absolute atomic E-state index is 0.285. The van der Waals surface area contributed by atoms with Gasteiger partial charge in [-0.3, -0.25) is 0 Å². The van der Waals surface area contributed by atoms with E-state index in [0.717, 1.165) is 9.13 Å². The molecule has 2 rings (SSSR count). The minimum Gasteiger partial charge on any atom is -0.497 e. The molecule has 0 aliphatic carbocycles. The zero-order valence-electron chi connectivity index (χ0n) is 11.8. The average molecular weight is 437 g/mol. The zero-order valence-corrected chi connectivity index (χ0v) is 15.5. The van der Waals surface area contributed by atoms with Crippen LogP contribution in [-0.4, -0.2) is 21.8 Å². The lowest BCUT2D eigenvalue weighted by Gasteiger charge is -2.15. The molecule has 0 unspecified atom stereocenters. The maximum absolute atomic E-state index is 12.1. The van der Waals surface area contributed by atoms with Gasteiger partial charge in [0, 0.05) is 21.0 Å². The Kier molecular flexibility index (Phi) is 4.85. The highest BCUT2D eigenvalue weighted by Crippen LogP contribution is 2.38. The monoisotopic (exact) mass is 436 g/mol. The normalized spacial score (nSPS) is 11.5. The second-order valence-electron chi connectivity index (χ2n) is 4.66. The van der Waals surface area contributed by atoms with Crippen LogP contribution in [0.3, 0.4) is 0 Å². The van der Waals surface area contributed by atoms with Crippen LogP contribution in [-0.2, 0) is 9.84 Å². The van der Waals surface area contributed by atoms with E-state index in [1.54, 1.807) is 37.4 Å². The summed E-state index contributed by atoms with van der Waals surface area (Å²) in [6.07, 6.45) is 1.20. The number of ether oxygens (including phenoxy) is 1. The summed E-state index contributed by atoms with van der Waals surface area (Å²) in [6.45, 7) is 1.90. The maximum atomic E-state index is 12.1. The van der Waals surface area contributed by atoms with E-state index in [0.29, 0.717) is 21.9 Å². The molecule has 0 saturated carbocycles. The quantitative estimate of drug-likeness (QED) is 0.673. The van der Waals surface area contributed by atoms with Crippen molar-refractivity contribution in [3.63, 3.8) is 0 Å². The van der Waals surface area contributed by atoms with E-state index >= 15 is 0 Å². The van der Waals surface area contributed by atoms with Crippen LogP contribution in [0.25, 0.3) is 11.1 Å². The first-order chi connectivity index (χ1) is 9.75. The Labute approximate surface area is 143 Å². The second kappa shape index (κ2) is 6.14. The highest BCUT2D eigenvalue weighted by atomic mass is 127. The van der Waals surface area contributed by atoms with Crippen molar-refractivity contribution in [2.75, 3.05) is 13.4 Å². The van der Waals surface area contributed by atoms with Gasteiger partial charge in [0.25, 0.3) is 0 Å². The number of hydrogen-bond donors (Lipinski definition) is 0. The third-order valence-electron chi connectivity index (χ3n) is 3.21. The fourth-order valence-corrected chi connectivity index (χ4v) is 3.79. The van der Waals surface area contributed by atoms with E-state index in [2.05, 4.69) is 22.6 Å². The van der Waals surface area contributed by atoms with Crippen molar-refractivity contribution in [2.45, 2.75) is 11.8 Å². The van der Waals surface area contributed by atoms with Gasteiger partial charge < -0.3 is 4.74 Å². The second-order valence-corrected chi connectivity index (χ2v) is 8.22. The molecule has 0 amide bonds. The van der Waals surface area contributed by atoms with Crippen molar-refractivity contribution >= 4 is 44.0 Å². The molecule has 0 fully saturated rings. The number of halogens is 2. The molecule has 112 valence electrons. The van der Waals surface area contributed by atoms with Gasteiger partial charge in [-0.25, -0.2) is 8.42 Å². The van der Waals surface area contributed by atoms with Crippen LogP contribution >= 0.6 is 34.2 Å². The Morgan fingerprint density at radius 1 is 1.19 bits per heavy atom. The molecule has 0 bridgehead atoms. The Morgan fingerprint density at radius 2 is 1.86 bits per heavy atom. The van der Waals surface area contributed by atoms with Crippen molar-refractivity contribution < 1.29 is 13.2 Å². The molecule has 0 atom stereocenters. The summed E-state index contributed by atoms with van der Waals surface area (Å²) in [5, 5.41) is 0.462. The Hall–Kier alpha value is -0.790. The summed E-state index contributed by atoms with van der Waals surface area (Å²) in [5.74, 6) is 0.632. The van der Waals surface area contributed by atoms with Gasteiger partial charge in [0.2, 0.25) is 0 Å². The molecule has 0 heterocycles. The SMILES string of the molecule is COc1ccc(-c2c(S(C)(=O)=O)ccc(I)c2C)c(Cl)c1. The van der Waals surface area contributed by atoms with E-state index < -0.39 is 9.84 Å². The van der Waals surface area contributed by atoms with Crippen molar-refractivity contribution in [2.24, 2.45) is 0 Å². The summed E-state index contributed by atoms with van der Waals surface area (Å²) in [7, 11) is -1.79. The molecule has 0 aromatic heterocycles. The minimum atomic E-state index is -3.35. The fraction of sp³-hybridized carbons (Fsp3) is 0.200. The molecular weight excluding hydrogens is 423 g/mol. The zero-order chi connectivity index (χ0) is 15.8. The van der Waals surface area contributed by atoms with E-state index in [1.807, 2.05) is 6.92 Å². The molecule has 0 spiro atoms. The lowest BCUT2D eigenvalue weighted by molar-refractivity contribution is 0.415. The van der Waals surface area contributed by atoms with Gasteiger partial charge in [0.05, 0.1) is 17.0 Å². The molecule has 0 radical (unpaired) electrons. The topological polar surface area (TPSA) is 43.4 Å². The third-order valence-corrected chi connectivity index (χ3v) is 5.83. The molecule has 0 saturated heterocycles. The number of rotatable bonds is 3. The number of hydrogen-bond acceptors (Lipinski definition) is 3. The fourth-order valence-electron chi connectivity index (χ4n) is 2.13.